The third-order valence-electron chi connectivity index (χ3n) is 3.88. The lowest BCUT2D eigenvalue weighted by molar-refractivity contribution is -0.115. The highest BCUT2D eigenvalue weighted by Crippen LogP contribution is 2.23. The fraction of sp³-hybridized carbons (Fsp3) is 0.250. The van der Waals surface area contributed by atoms with E-state index >= 15 is 0 Å². The van der Waals surface area contributed by atoms with E-state index in [-0.39, 0.29) is 24.3 Å². The van der Waals surface area contributed by atoms with Crippen LogP contribution in [-0.4, -0.2) is 43.3 Å². The van der Waals surface area contributed by atoms with Crippen molar-refractivity contribution in [3.05, 3.63) is 53.6 Å². The molecule has 0 bridgehead atoms. The Bertz CT molecular complexity index is 862. The van der Waals surface area contributed by atoms with E-state index in [1.807, 2.05) is 13.0 Å². The van der Waals surface area contributed by atoms with Gasteiger partial charge in [-0.25, -0.2) is 0 Å². The molecule has 27 heavy (non-hydrogen) atoms. The van der Waals surface area contributed by atoms with Crippen LogP contribution in [-0.2, 0) is 9.59 Å². The first kappa shape index (κ1) is 20.0. The fourth-order valence-corrected chi connectivity index (χ4v) is 2.52. The molecule has 0 aliphatic carbocycles. The third-order valence-corrected chi connectivity index (χ3v) is 3.88. The Labute approximate surface area is 158 Å². The van der Waals surface area contributed by atoms with E-state index in [2.05, 4.69) is 16.0 Å². The van der Waals surface area contributed by atoms with Crippen LogP contribution >= 0.6 is 0 Å². The molecule has 2 rings (SSSR count). The maximum Gasteiger partial charge on any atom is 0.253 e. The summed E-state index contributed by atoms with van der Waals surface area (Å²) in [7, 11) is 3.35. The molecule has 3 N–H and O–H groups in total. The van der Waals surface area contributed by atoms with Crippen LogP contribution in [0.25, 0.3) is 0 Å². The van der Waals surface area contributed by atoms with E-state index in [1.54, 1.807) is 50.5 Å². The maximum absolute atomic E-state index is 12.2. The Hall–Kier alpha value is -3.35. The molecule has 3 amide bonds. The van der Waals surface area contributed by atoms with Gasteiger partial charge in [0.2, 0.25) is 11.8 Å². The normalized spacial score (nSPS) is 10.1. The van der Waals surface area contributed by atoms with E-state index in [0.717, 1.165) is 11.3 Å². The van der Waals surface area contributed by atoms with Gasteiger partial charge < -0.3 is 20.9 Å². The zero-order valence-corrected chi connectivity index (χ0v) is 15.9. The minimum Gasteiger partial charge on any atom is -0.376 e. The number of nitrogens with one attached hydrogen (secondary N) is 3. The quantitative estimate of drug-likeness (QED) is 0.731. The highest BCUT2D eigenvalue weighted by molar-refractivity contribution is 5.98. The van der Waals surface area contributed by atoms with E-state index in [4.69, 9.17) is 0 Å². The molecular formula is C20H24N4O3. The third kappa shape index (κ3) is 5.57. The molecule has 0 atom stereocenters. The van der Waals surface area contributed by atoms with Gasteiger partial charge in [-0.05, 0) is 42.8 Å². The number of carbonyl (C=O) groups is 3. The molecule has 0 unspecified atom stereocenters. The summed E-state index contributed by atoms with van der Waals surface area (Å²) >= 11 is 0. The molecular weight excluding hydrogens is 344 g/mol. The number of anilines is 3. The van der Waals surface area contributed by atoms with Crippen molar-refractivity contribution >= 4 is 34.8 Å². The van der Waals surface area contributed by atoms with Crippen molar-refractivity contribution < 1.29 is 14.4 Å². The van der Waals surface area contributed by atoms with Crippen molar-refractivity contribution in [2.45, 2.75) is 13.8 Å². The van der Waals surface area contributed by atoms with E-state index in [1.165, 1.54) is 11.8 Å². The van der Waals surface area contributed by atoms with Crippen LogP contribution in [0.2, 0.25) is 0 Å². The molecule has 0 aliphatic heterocycles. The number of hydrogen-bond donors (Lipinski definition) is 3. The summed E-state index contributed by atoms with van der Waals surface area (Å²) in [5, 5.41) is 8.59. The molecule has 2 aromatic carbocycles. The van der Waals surface area contributed by atoms with Crippen LogP contribution < -0.4 is 16.0 Å². The van der Waals surface area contributed by atoms with Crippen molar-refractivity contribution in [3.8, 4) is 0 Å². The highest BCUT2D eigenvalue weighted by atomic mass is 16.2. The summed E-state index contributed by atoms with van der Waals surface area (Å²) in [4.78, 5) is 37.0. The second-order valence-electron chi connectivity index (χ2n) is 6.34. The van der Waals surface area contributed by atoms with Crippen molar-refractivity contribution in [2.75, 3.05) is 36.6 Å². The van der Waals surface area contributed by atoms with Crippen LogP contribution in [0.3, 0.4) is 0 Å². The van der Waals surface area contributed by atoms with Gasteiger partial charge in [-0.15, -0.1) is 0 Å². The molecule has 0 heterocycles. The summed E-state index contributed by atoms with van der Waals surface area (Å²) in [6.07, 6.45) is 0. The molecule has 7 nitrogen and oxygen atoms in total. The van der Waals surface area contributed by atoms with Crippen molar-refractivity contribution in [1.29, 1.82) is 0 Å². The maximum atomic E-state index is 12.2. The van der Waals surface area contributed by atoms with E-state index in [9.17, 15) is 14.4 Å². The van der Waals surface area contributed by atoms with Gasteiger partial charge in [-0.3, -0.25) is 14.4 Å². The van der Waals surface area contributed by atoms with Gasteiger partial charge in [0.15, 0.2) is 0 Å². The first-order valence-electron chi connectivity index (χ1n) is 8.50. The Morgan fingerprint density at radius 2 is 1.63 bits per heavy atom. The monoisotopic (exact) mass is 368 g/mol. The molecule has 0 fully saturated rings. The summed E-state index contributed by atoms with van der Waals surface area (Å²) in [6.45, 7) is 3.36. The number of benzene rings is 2. The van der Waals surface area contributed by atoms with Gasteiger partial charge in [-0.1, -0.05) is 12.1 Å². The average molecular weight is 368 g/mol. The van der Waals surface area contributed by atoms with Gasteiger partial charge in [0, 0.05) is 43.6 Å². The number of amides is 3. The summed E-state index contributed by atoms with van der Waals surface area (Å²) < 4.78 is 0. The van der Waals surface area contributed by atoms with Crippen LogP contribution in [0.4, 0.5) is 17.1 Å². The summed E-state index contributed by atoms with van der Waals surface area (Å²) in [6, 6.07) is 12.2. The zero-order chi connectivity index (χ0) is 20.0. The molecule has 0 radical (unpaired) electrons. The Balaban J connectivity index is 2.00. The Morgan fingerprint density at radius 1 is 0.963 bits per heavy atom. The summed E-state index contributed by atoms with van der Waals surface area (Å²) in [5.41, 5.74) is 3.36. The van der Waals surface area contributed by atoms with Gasteiger partial charge in [0.05, 0.1) is 6.54 Å². The SMILES string of the molecule is CC(=O)Nc1cccc(NCC(=O)Nc2cccc(C(=O)N(C)C)c2)c1C. The second kappa shape index (κ2) is 8.84. The molecule has 0 saturated carbocycles. The first-order valence-corrected chi connectivity index (χ1v) is 8.50. The van der Waals surface area contributed by atoms with E-state index < -0.39 is 0 Å². The van der Waals surface area contributed by atoms with Crippen LogP contribution in [0.1, 0.15) is 22.8 Å². The molecule has 142 valence electrons. The first-order chi connectivity index (χ1) is 12.8. The Morgan fingerprint density at radius 3 is 2.30 bits per heavy atom. The van der Waals surface area contributed by atoms with Crippen LogP contribution in [0.5, 0.6) is 0 Å². The van der Waals surface area contributed by atoms with Crippen molar-refractivity contribution in [2.24, 2.45) is 0 Å². The minimum atomic E-state index is -0.242. The molecule has 7 heteroatoms. The predicted octanol–water partition coefficient (Wildman–Crippen LogP) is 2.71. The van der Waals surface area contributed by atoms with Gasteiger partial charge in [0.25, 0.3) is 5.91 Å². The standard InChI is InChI=1S/C20H24N4O3/c1-13-17(9-6-10-18(13)22-14(2)25)21-12-19(26)23-16-8-5-7-15(11-16)20(27)24(3)4/h5-11,21H,12H2,1-4H3,(H,22,25)(H,23,26). The van der Waals surface area contributed by atoms with Crippen LogP contribution in [0.15, 0.2) is 42.5 Å². The second-order valence-corrected chi connectivity index (χ2v) is 6.34. The minimum absolute atomic E-state index is 0.0518. The number of hydrogen-bond acceptors (Lipinski definition) is 4. The molecule has 0 saturated heterocycles. The lowest BCUT2D eigenvalue weighted by Crippen LogP contribution is -2.23. The number of rotatable bonds is 6. The Kier molecular flexibility index (Phi) is 6.54. The van der Waals surface area contributed by atoms with E-state index in [0.29, 0.717) is 16.9 Å². The lowest BCUT2D eigenvalue weighted by atomic mass is 10.1. The average Bonchev–Trinajstić information content (AvgIpc) is 2.61. The molecule has 0 spiro atoms. The van der Waals surface area contributed by atoms with Crippen molar-refractivity contribution in [1.82, 2.24) is 4.90 Å². The zero-order valence-electron chi connectivity index (χ0n) is 15.9. The lowest BCUT2D eigenvalue weighted by Gasteiger charge is -2.14. The van der Waals surface area contributed by atoms with Gasteiger partial charge in [0.1, 0.15) is 0 Å². The molecule has 0 aliphatic rings. The smallest absolute Gasteiger partial charge is 0.253 e. The number of nitrogens with zero attached hydrogens (tertiary/aromatic N) is 1. The predicted molar refractivity (Wildman–Crippen MR) is 107 cm³/mol. The van der Waals surface area contributed by atoms with Crippen molar-refractivity contribution in [3.63, 3.8) is 0 Å². The van der Waals surface area contributed by atoms with Crippen LogP contribution in [0, 0.1) is 6.92 Å². The van der Waals surface area contributed by atoms with Gasteiger partial charge in [-0.2, -0.15) is 0 Å². The topological polar surface area (TPSA) is 90.5 Å². The number of carbonyl (C=O) groups excluding carboxylic acids is 3. The molecule has 2 aromatic rings. The fourth-order valence-electron chi connectivity index (χ4n) is 2.52. The summed E-state index contributed by atoms with van der Waals surface area (Å²) in [5.74, 6) is -0.524. The molecule has 0 aromatic heterocycles. The van der Waals surface area contributed by atoms with Gasteiger partial charge >= 0.3 is 0 Å². The highest BCUT2D eigenvalue weighted by Gasteiger charge is 2.10. The largest absolute Gasteiger partial charge is 0.376 e.